The summed E-state index contributed by atoms with van der Waals surface area (Å²) in [6.45, 7) is 2.68. The fourth-order valence-electron chi connectivity index (χ4n) is 2.28. The van der Waals surface area contributed by atoms with E-state index in [0.29, 0.717) is 12.5 Å². The van der Waals surface area contributed by atoms with E-state index in [4.69, 9.17) is 9.47 Å². The van der Waals surface area contributed by atoms with Crippen LogP contribution in [0.1, 0.15) is 24.5 Å². The molecule has 0 spiro atoms. The van der Waals surface area contributed by atoms with Crippen molar-refractivity contribution >= 4 is 49.8 Å². The van der Waals surface area contributed by atoms with Gasteiger partial charge in [-0.25, -0.2) is 9.79 Å². The molecule has 0 aliphatic carbocycles. The minimum absolute atomic E-state index is 0.264. The molecular weight excluding hydrogens is 450 g/mol. The van der Waals surface area contributed by atoms with Crippen molar-refractivity contribution in [1.82, 2.24) is 0 Å². The number of ether oxygens (including phenoxy) is 2. The lowest BCUT2D eigenvalue weighted by Crippen LogP contribution is -2.04. The summed E-state index contributed by atoms with van der Waals surface area (Å²) in [5, 5.41) is 0. The van der Waals surface area contributed by atoms with E-state index < -0.39 is 5.97 Å². The number of hydrogen-bond acceptors (Lipinski definition) is 4. The highest BCUT2D eigenvalue weighted by molar-refractivity contribution is 9.11. The maximum atomic E-state index is 12.1. The lowest BCUT2D eigenvalue weighted by Gasteiger charge is -2.10. The third-order valence-corrected chi connectivity index (χ3v) is 4.59. The average Bonchev–Trinajstić information content (AvgIpc) is 2.96. The van der Waals surface area contributed by atoms with Crippen molar-refractivity contribution in [2.75, 3.05) is 6.61 Å². The number of cyclic esters (lactones) is 1. The topological polar surface area (TPSA) is 47.9 Å². The molecule has 0 radical (unpaired) electrons. The monoisotopic (exact) mass is 463 g/mol. The number of halogens is 2. The normalized spacial score (nSPS) is 15.2. The van der Waals surface area contributed by atoms with Gasteiger partial charge in [-0.1, -0.05) is 25.1 Å². The van der Waals surface area contributed by atoms with Gasteiger partial charge >= 0.3 is 5.97 Å². The molecule has 0 atom stereocenters. The zero-order chi connectivity index (χ0) is 17.8. The highest BCUT2D eigenvalue weighted by Crippen LogP contribution is 2.35. The zero-order valence-corrected chi connectivity index (χ0v) is 16.6. The Morgan fingerprint density at radius 3 is 2.48 bits per heavy atom. The quantitative estimate of drug-likeness (QED) is 0.443. The van der Waals surface area contributed by atoms with Gasteiger partial charge in [0.15, 0.2) is 5.70 Å². The Labute approximate surface area is 162 Å². The van der Waals surface area contributed by atoms with Crippen LogP contribution in [0.2, 0.25) is 0 Å². The number of rotatable bonds is 5. The van der Waals surface area contributed by atoms with Crippen LogP contribution >= 0.6 is 31.9 Å². The maximum Gasteiger partial charge on any atom is 0.363 e. The summed E-state index contributed by atoms with van der Waals surface area (Å²) in [6.07, 6.45) is 2.62. The summed E-state index contributed by atoms with van der Waals surface area (Å²) in [5.41, 5.74) is 1.84. The first-order valence-corrected chi connectivity index (χ1v) is 9.37. The van der Waals surface area contributed by atoms with E-state index in [1.165, 1.54) is 0 Å². The van der Waals surface area contributed by atoms with Gasteiger partial charge in [0.1, 0.15) is 5.75 Å². The molecule has 1 heterocycles. The zero-order valence-electron chi connectivity index (χ0n) is 13.5. The Balaban J connectivity index is 1.90. The van der Waals surface area contributed by atoms with Crippen LogP contribution in [-0.2, 0) is 9.53 Å². The van der Waals surface area contributed by atoms with E-state index in [-0.39, 0.29) is 5.70 Å². The van der Waals surface area contributed by atoms with Crippen molar-refractivity contribution in [2.24, 2.45) is 4.99 Å². The summed E-state index contributed by atoms with van der Waals surface area (Å²) in [7, 11) is 0. The van der Waals surface area contributed by atoms with Crippen molar-refractivity contribution < 1.29 is 14.3 Å². The summed E-state index contributed by atoms with van der Waals surface area (Å²) >= 11 is 7.01. The molecule has 6 heteroatoms. The van der Waals surface area contributed by atoms with E-state index in [9.17, 15) is 4.79 Å². The van der Waals surface area contributed by atoms with Crippen molar-refractivity contribution in [3.05, 3.63) is 68.2 Å². The number of carbonyl (C=O) groups excluding carboxylic acids is 1. The Hall–Kier alpha value is -1.92. The standard InChI is InChI=1S/C19H15Br2NO3/c1-2-8-24-17-14(20)9-12(10-15(17)21)11-16-19(23)25-18(22-16)13-6-4-3-5-7-13/h3-7,9-11H,2,8H2,1H3/b16-11-. The second-order valence-corrected chi connectivity index (χ2v) is 7.07. The van der Waals surface area contributed by atoms with Gasteiger partial charge in [0.05, 0.1) is 15.6 Å². The minimum atomic E-state index is -0.461. The van der Waals surface area contributed by atoms with Gasteiger partial charge in [0.2, 0.25) is 5.90 Å². The first-order valence-electron chi connectivity index (χ1n) is 7.78. The summed E-state index contributed by atoms with van der Waals surface area (Å²) in [6, 6.07) is 13.1. The Bertz CT molecular complexity index is 837. The molecule has 0 unspecified atom stereocenters. The molecular formula is C19H15Br2NO3. The lowest BCUT2D eigenvalue weighted by atomic mass is 10.2. The van der Waals surface area contributed by atoms with E-state index in [1.807, 2.05) is 42.5 Å². The molecule has 0 fully saturated rings. The number of esters is 1. The highest BCUT2D eigenvalue weighted by Gasteiger charge is 2.24. The van der Waals surface area contributed by atoms with Crippen LogP contribution in [0.15, 0.2) is 62.1 Å². The maximum absolute atomic E-state index is 12.1. The molecule has 3 rings (SSSR count). The van der Waals surface area contributed by atoms with Crippen LogP contribution < -0.4 is 4.74 Å². The molecule has 2 aromatic carbocycles. The molecule has 0 saturated heterocycles. The smallest absolute Gasteiger partial charge is 0.363 e. The molecule has 1 aliphatic heterocycles. The third kappa shape index (κ3) is 4.19. The molecule has 2 aromatic rings. The summed E-state index contributed by atoms with van der Waals surface area (Å²) < 4.78 is 12.6. The fourth-order valence-corrected chi connectivity index (χ4v) is 3.73. The number of aliphatic imine (C=N–C) groups is 1. The van der Waals surface area contributed by atoms with Gasteiger partial charge < -0.3 is 9.47 Å². The lowest BCUT2D eigenvalue weighted by molar-refractivity contribution is -0.129. The largest absolute Gasteiger partial charge is 0.491 e. The van der Waals surface area contributed by atoms with E-state index in [0.717, 1.165) is 32.2 Å². The van der Waals surface area contributed by atoms with Crippen molar-refractivity contribution in [2.45, 2.75) is 13.3 Å². The van der Waals surface area contributed by atoms with Crippen LogP contribution in [0.3, 0.4) is 0 Å². The van der Waals surface area contributed by atoms with Gasteiger partial charge in [0, 0.05) is 5.56 Å². The van der Waals surface area contributed by atoms with Gasteiger partial charge in [0.25, 0.3) is 0 Å². The van der Waals surface area contributed by atoms with E-state index in [1.54, 1.807) is 6.08 Å². The first-order chi connectivity index (χ1) is 12.1. The van der Waals surface area contributed by atoms with Gasteiger partial charge in [-0.3, -0.25) is 0 Å². The van der Waals surface area contributed by atoms with Crippen LogP contribution in [0.4, 0.5) is 0 Å². The number of nitrogens with zero attached hydrogens (tertiary/aromatic N) is 1. The van der Waals surface area contributed by atoms with Crippen LogP contribution in [0.25, 0.3) is 6.08 Å². The molecule has 0 saturated carbocycles. The summed E-state index contributed by atoms with van der Waals surface area (Å²) in [4.78, 5) is 16.4. The number of benzene rings is 2. The molecule has 1 aliphatic rings. The Kier molecular flexibility index (Phi) is 5.71. The first kappa shape index (κ1) is 17.9. The predicted octanol–water partition coefficient (Wildman–Crippen LogP) is 5.34. The van der Waals surface area contributed by atoms with Crippen molar-refractivity contribution in [3.63, 3.8) is 0 Å². The molecule has 128 valence electrons. The molecule has 0 N–H and O–H groups in total. The van der Waals surface area contributed by atoms with E-state index >= 15 is 0 Å². The van der Waals surface area contributed by atoms with Crippen LogP contribution in [-0.4, -0.2) is 18.5 Å². The Morgan fingerprint density at radius 1 is 1.16 bits per heavy atom. The van der Waals surface area contributed by atoms with Crippen LogP contribution in [0, 0.1) is 0 Å². The average molecular weight is 465 g/mol. The predicted molar refractivity (Wildman–Crippen MR) is 105 cm³/mol. The molecule has 0 bridgehead atoms. The van der Waals surface area contributed by atoms with Gasteiger partial charge in [-0.05, 0) is 74.2 Å². The number of hydrogen-bond donors (Lipinski definition) is 0. The van der Waals surface area contributed by atoms with Gasteiger partial charge in [-0.15, -0.1) is 0 Å². The minimum Gasteiger partial charge on any atom is -0.491 e. The number of carbonyl (C=O) groups is 1. The highest BCUT2D eigenvalue weighted by atomic mass is 79.9. The second-order valence-electron chi connectivity index (χ2n) is 5.36. The molecule has 25 heavy (non-hydrogen) atoms. The molecule has 0 aromatic heterocycles. The second kappa shape index (κ2) is 7.97. The molecule has 0 amide bonds. The van der Waals surface area contributed by atoms with Crippen molar-refractivity contribution in [1.29, 1.82) is 0 Å². The Morgan fingerprint density at radius 2 is 1.84 bits per heavy atom. The third-order valence-electron chi connectivity index (χ3n) is 3.42. The molecule has 4 nitrogen and oxygen atoms in total. The van der Waals surface area contributed by atoms with Crippen molar-refractivity contribution in [3.8, 4) is 5.75 Å². The summed E-state index contributed by atoms with van der Waals surface area (Å²) in [5.74, 6) is 0.599. The van der Waals surface area contributed by atoms with E-state index in [2.05, 4.69) is 43.8 Å². The SMILES string of the molecule is CCCOc1c(Br)cc(/C=C2\N=C(c3ccccc3)OC2=O)cc1Br. The van der Waals surface area contributed by atoms with Crippen LogP contribution in [0.5, 0.6) is 5.75 Å². The van der Waals surface area contributed by atoms with Gasteiger partial charge in [-0.2, -0.15) is 0 Å². The fraction of sp³-hybridized carbons (Fsp3) is 0.158.